The molecule has 0 radical (unpaired) electrons. The number of ether oxygens (including phenoxy) is 1. The van der Waals surface area contributed by atoms with Gasteiger partial charge in [0, 0.05) is 0 Å². The maximum atomic E-state index is 11.5. The van der Waals surface area contributed by atoms with Crippen LogP contribution >= 0.6 is 0 Å². The second-order valence-electron chi connectivity index (χ2n) is 5.35. The van der Waals surface area contributed by atoms with Crippen molar-refractivity contribution in [3.63, 3.8) is 0 Å². The summed E-state index contributed by atoms with van der Waals surface area (Å²) in [5, 5.41) is 0. The van der Waals surface area contributed by atoms with Crippen molar-refractivity contribution in [2.24, 2.45) is 0 Å². The lowest BCUT2D eigenvalue weighted by molar-refractivity contribution is -0.140. The number of hydrogen-bond donors (Lipinski definition) is 0. The first-order valence-electron chi connectivity index (χ1n) is 6.08. The van der Waals surface area contributed by atoms with E-state index >= 15 is 0 Å². The van der Waals surface area contributed by atoms with Crippen molar-refractivity contribution in [3.05, 3.63) is 0 Å². The first kappa shape index (κ1) is 15.9. The largest absolute Gasteiger partial charge is 0.466 e. The summed E-state index contributed by atoms with van der Waals surface area (Å²) in [6.07, 6.45) is 1.16. The molecule has 0 aromatic carbocycles. The van der Waals surface area contributed by atoms with Crippen LogP contribution in [0.4, 0.5) is 0 Å². The Labute approximate surface area is 102 Å². The molecule has 0 atom stereocenters. The lowest BCUT2D eigenvalue weighted by atomic mass is 10.6. The average molecular weight is 262 g/mol. The summed E-state index contributed by atoms with van der Waals surface area (Å²) in [6, 6.07) is 1.63. The van der Waals surface area contributed by atoms with Crippen LogP contribution in [-0.2, 0) is 13.6 Å². The molecule has 0 saturated carbocycles. The monoisotopic (exact) mass is 262 g/mol. The fourth-order valence-corrected chi connectivity index (χ4v) is 10.7. The highest BCUT2D eigenvalue weighted by atomic mass is 28.4. The quantitative estimate of drug-likeness (QED) is 0.521. The first-order valence-corrected chi connectivity index (χ1v) is 12.3. The van der Waals surface area contributed by atoms with Gasteiger partial charge in [0.15, 0.2) is 16.6 Å². The van der Waals surface area contributed by atoms with Gasteiger partial charge in [0.25, 0.3) is 0 Å². The van der Waals surface area contributed by atoms with Gasteiger partial charge in [-0.25, -0.2) is 0 Å². The van der Waals surface area contributed by atoms with E-state index in [0.717, 1.165) is 12.5 Å². The summed E-state index contributed by atoms with van der Waals surface area (Å²) in [4.78, 5) is 11.5. The van der Waals surface area contributed by atoms with Gasteiger partial charge in [-0.1, -0.05) is 13.3 Å². The molecule has 16 heavy (non-hydrogen) atoms. The van der Waals surface area contributed by atoms with Gasteiger partial charge in [-0.15, -0.1) is 0 Å². The van der Waals surface area contributed by atoms with Gasteiger partial charge in [0.05, 0.1) is 12.7 Å². The molecule has 0 aromatic rings. The van der Waals surface area contributed by atoms with Crippen LogP contribution in [-0.4, -0.2) is 29.2 Å². The minimum Gasteiger partial charge on any atom is -0.466 e. The number of carbonyl (C=O) groups excluding carboxylic acids is 1. The van der Waals surface area contributed by atoms with Crippen LogP contribution < -0.4 is 0 Å². The molecule has 0 aliphatic rings. The van der Waals surface area contributed by atoms with Crippen LogP contribution in [0.1, 0.15) is 20.3 Å². The molecule has 5 heteroatoms. The van der Waals surface area contributed by atoms with Crippen molar-refractivity contribution in [2.45, 2.75) is 58.5 Å². The summed E-state index contributed by atoms with van der Waals surface area (Å²) >= 11 is 0. The standard InChI is InChI=1S/C11H26O3Si2/c1-7-9-15(3,4)14-16(5,6)10-11(12)13-8-2/h7-10H2,1-6H3. The minimum absolute atomic E-state index is 0.111. The second kappa shape index (κ2) is 6.56. The SMILES string of the molecule is CCC[Si](C)(C)O[Si](C)(C)CC(=O)OCC. The third-order valence-electron chi connectivity index (χ3n) is 2.28. The lowest BCUT2D eigenvalue weighted by Gasteiger charge is -2.33. The summed E-state index contributed by atoms with van der Waals surface area (Å²) in [5.74, 6) is -0.111. The number of hydrogen-bond acceptors (Lipinski definition) is 3. The first-order chi connectivity index (χ1) is 7.22. The highest BCUT2D eigenvalue weighted by molar-refractivity contribution is 6.86. The van der Waals surface area contributed by atoms with Crippen molar-refractivity contribution in [1.29, 1.82) is 0 Å². The molecule has 3 nitrogen and oxygen atoms in total. The predicted octanol–water partition coefficient (Wildman–Crippen LogP) is 3.39. The lowest BCUT2D eigenvalue weighted by Crippen LogP contribution is -2.45. The molecule has 0 unspecified atom stereocenters. The van der Waals surface area contributed by atoms with Crippen LogP contribution in [0.3, 0.4) is 0 Å². The molecular formula is C11H26O3Si2. The molecule has 0 fully saturated rings. The van der Waals surface area contributed by atoms with E-state index in [1.165, 1.54) is 0 Å². The summed E-state index contributed by atoms with van der Waals surface area (Å²) in [6.45, 7) is 13.1. The van der Waals surface area contributed by atoms with E-state index < -0.39 is 16.6 Å². The Morgan fingerprint density at radius 3 is 2.06 bits per heavy atom. The predicted molar refractivity (Wildman–Crippen MR) is 72.6 cm³/mol. The summed E-state index contributed by atoms with van der Waals surface area (Å²) in [7, 11) is -3.46. The van der Waals surface area contributed by atoms with Gasteiger partial charge in [0.2, 0.25) is 0 Å². The van der Waals surface area contributed by atoms with E-state index in [9.17, 15) is 4.79 Å². The van der Waals surface area contributed by atoms with Gasteiger partial charge < -0.3 is 8.85 Å². The Morgan fingerprint density at radius 1 is 1.06 bits per heavy atom. The number of esters is 1. The van der Waals surface area contributed by atoms with E-state index in [-0.39, 0.29) is 5.97 Å². The van der Waals surface area contributed by atoms with Crippen molar-refractivity contribution in [1.82, 2.24) is 0 Å². The maximum absolute atomic E-state index is 11.5. The second-order valence-corrected chi connectivity index (χ2v) is 14.1. The molecule has 0 aromatic heterocycles. The van der Waals surface area contributed by atoms with Crippen LogP contribution in [0.25, 0.3) is 0 Å². The molecule has 0 aliphatic heterocycles. The summed E-state index contributed by atoms with van der Waals surface area (Å²) < 4.78 is 11.2. The molecule has 0 rings (SSSR count). The minimum atomic E-state index is -1.89. The molecule has 0 heterocycles. The van der Waals surface area contributed by atoms with Crippen LogP contribution in [0.15, 0.2) is 0 Å². The molecule has 0 bridgehead atoms. The van der Waals surface area contributed by atoms with Crippen molar-refractivity contribution in [3.8, 4) is 0 Å². The van der Waals surface area contributed by atoms with Gasteiger partial charge >= 0.3 is 5.97 Å². The normalized spacial score (nSPS) is 12.6. The molecule has 0 amide bonds. The zero-order valence-corrected chi connectivity index (χ0v) is 13.6. The number of carbonyl (C=O) groups is 1. The maximum Gasteiger partial charge on any atom is 0.305 e. The highest BCUT2D eigenvalue weighted by Crippen LogP contribution is 2.22. The Morgan fingerprint density at radius 2 is 1.62 bits per heavy atom. The van der Waals surface area contributed by atoms with E-state index in [2.05, 4.69) is 33.1 Å². The molecule has 0 spiro atoms. The van der Waals surface area contributed by atoms with Crippen molar-refractivity contribution in [2.75, 3.05) is 6.61 Å². The Kier molecular flexibility index (Phi) is 6.51. The van der Waals surface area contributed by atoms with E-state index in [1.54, 1.807) is 0 Å². The molecule has 0 saturated heterocycles. The fraction of sp³-hybridized carbons (Fsp3) is 0.909. The van der Waals surface area contributed by atoms with Crippen molar-refractivity contribution >= 4 is 22.6 Å². The highest BCUT2D eigenvalue weighted by Gasteiger charge is 2.34. The Bertz CT molecular complexity index is 227. The van der Waals surface area contributed by atoms with Crippen LogP contribution in [0.5, 0.6) is 0 Å². The molecule has 0 N–H and O–H groups in total. The average Bonchev–Trinajstić information content (AvgIpc) is 1.99. The van der Waals surface area contributed by atoms with Gasteiger partial charge in [-0.05, 0) is 39.2 Å². The van der Waals surface area contributed by atoms with E-state index in [1.807, 2.05) is 6.92 Å². The van der Waals surface area contributed by atoms with Crippen molar-refractivity contribution < 1.29 is 13.6 Å². The molecule has 96 valence electrons. The fourth-order valence-electron chi connectivity index (χ4n) is 2.00. The van der Waals surface area contributed by atoms with E-state index in [0.29, 0.717) is 12.7 Å². The molecular weight excluding hydrogens is 236 g/mol. The van der Waals surface area contributed by atoms with Gasteiger partial charge in [0.1, 0.15) is 0 Å². The van der Waals surface area contributed by atoms with E-state index in [4.69, 9.17) is 8.85 Å². The topological polar surface area (TPSA) is 35.5 Å². The third-order valence-corrected chi connectivity index (χ3v) is 9.54. The van der Waals surface area contributed by atoms with Gasteiger partial charge in [-0.2, -0.15) is 0 Å². The van der Waals surface area contributed by atoms with Gasteiger partial charge in [-0.3, -0.25) is 4.79 Å². The number of rotatable bonds is 7. The zero-order valence-electron chi connectivity index (χ0n) is 11.6. The zero-order chi connectivity index (χ0) is 12.8. The van der Waals surface area contributed by atoms with Crippen LogP contribution in [0.2, 0.25) is 38.3 Å². The van der Waals surface area contributed by atoms with Crippen LogP contribution in [0, 0.1) is 0 Å². The third kappa shape index (κ3) is 7.19. The molecule has 0 aliphatic carbocycles. The Hall–Kier alpha value is -0.136. The smallest absolute Gasteiger partial charge is 0.305 e. The summed E-state index contributed by atoms with van der Waals surface area (Å²) in [5.41, 5.74) is 0. The Balaban J connectivity index is 4.27.